The molecule has 8 heteroatoms. The maximum absolute atomic E-state index is 5.38. The van der Waals surface area contributed by atoms with E-state index in [1.165, 1.54) is 5.56 Å². The van der Waals surface area contributed by atoms with E-state index in [0.29, 0.717) is 13.3 Å². The van der Waals surface area contributed by atoms with Crippen LogP contribution in [0.15, 0.2) is 29.5 Å². The van der Waals surface area contributed by atoms with Crippen LogP contribution in [0.2, 0.25) is 0 Å². The summed E-state index contributed by atoms with van der Waals surface area (Å²) in [4.78, 5) is 4.20. The van der Waals surface area contributed by atoms with Crippen molar-refractivity contribution in [1.29, 1.82) is 0 Å². The Balaban J connectivity index is 1.46. The van der Waals surface area contributed by atoms with Gasteiger partial charge in [0.05, 0.1) is 6.54 Å². The smallest absolute Gasteiger partial charge is 0.231 e. The molecule has 1 aliphatic heterocycles. The lowest BCUT2D eigenvalue weighted by Crippen LogP contribution is -2.38. The summed E-state index contributed by atoms with van der Waals surface area (Å²) >= 11 is 0. The Morgan fingerprint density at radius 3 is 2.96 bits per heavy atom. The zero-order chi connectivity index (χ0) is 16.1. The number of aryl methyl sites for hydroxylation is 1. The lowest BCUT2D eigenvalue weighted by atomic mass is 10.1. The predicted molar refractivity (Wildman–Crippen MR) is 85.5 cm³/mol. The van der Waals surface area contributed by atoms with E-state index in [4.69, 9.17) is 9.47 Å². The van der Waals surface area contributed by atoms with Gasteiger partial charge in [0.15, 0.2) is 23.3 Å². The summed E-state index contributed by atoms with van der Waals surface area (Å²) in [6.07, 6.45) is 2.54. The van der Waals surface area contributed by atoms with Crippen LogP contribution in [0, 0.1) is 0 Å². The second-order valence-corrected chi connectivity index (χ2v) is 5.15. The Kier molecular flexibility index (Phi) is 4.60. The molecule has 2 aromatic rings. The monoisotopic (exact) mass is 316 g/mol. The van der Waals surface area contributed by atoms with Crippen molar-refractivity contribution in [2.24, 2.45) is 12.0 Å². The molecule has 0 radical (unpaired) electrons. The van der Waals surface area contributed by atoms with Gasteiger partial charge in [-0.05, 0) is 24.1 Å². The van der Waals surface area contributed by atoms with Gasteiger partial charge in [-0.25, -0.2) is 0 Å². The van der Waals surface area contributed by atoms with Crippen LogP contribution in [0.5, 0.6) is 11.5 Å². The maximum Gasteiger partial charge on any atom is 0.231 e. The molecule has 2 N–H and O–H groups in total. The van der Waals surface area contributed by atoms with Gasteiger partial charge in [0.2, 0.25) is 6.79 Å². The summed E-state index contributed by atoms with van der Waals surface area (Å²) < 4.78 is 12.6. The Labute approximate surface area is 134 Å². The molecule has 3 rings (SSSR count). The van der Waals surface area contributed by atoms with E-state index in [2.05, 4.69) is 25.8 Å². The maximum atomic E-state index is 5.38. The Hall–Kier alpha value is -2.77. The number of ether oxygens (including phenoxy) is 2. The SMILES string of the molecule is CN=C(NCCc1ccc2c(c1)OCO2)NCc1nncn1C. The molecule has 0 amide bonds. The number of benzene rings is 1. The standard InChI is InChI=1S/C15H20N6O2/c1-16-15(18-8-14-20-19-9-21(14)2)17-6-5-11-3-4-12-13(7-11)23-10-22-12/h3-4,7,9H,5-6,8,10H2,1-2H3,(H2,16,17,18). The number of aliphatic imine (C=N–C) groups is 1. The van der Waals surface area contributed by atoms with E-state index < -0.39 is 0 Å². The summed E-state index contributed by atoms with van der Waals surface area (Å²) in [5.41, 5.74) is 1.19. The third-order valence-corrected chi connectivity index (χ3v) is 3.59. The van der Waals surface area contributed by atoms with Crippen molar-refractivity contribution >= 4 is 5.96 Å². The highest BCUT2D eigenvalue weighted by molar-refractivity contribution is 5.79. The van der Waals surface area contributed by atoms with Crippen molar-refractivity contribution < 1.29 is 9.47 Å². The normalized spacial score (nSPS) is 13.2. The van der Waals surface area contributed by atoms with Gasteiger partial charge < -0.3 is 24.7 Å². The third kappa shape index (κ3) is 3.71. The van der Waals surface area contributed by atoms with Gasteiger partial charge in [-0.3, -0.25) is 4.99 Å². The number of nitrogens with one attached hydrogen (secondary N) is 2. The van der Waals surface area contributed by atoms with Crippen LogP contribution in [-0.4, -0.2) is 41.1 Å². The molecule has 0 saturated carbocycles. The molecule has 1 aromatic carbocycles. The number of hydrogen-bond donors (Lipinski definition) is 2. The van der Waals surface area contributed by atoms with Crippen molar-refractivity contribution in [2.45, 2.75) is 13.0 Å². The van der Waals surface area contributed by atoms with Gasteiger partial charge in [-0.1, -0.05) is 6.07 Å². The first kappa shape index (κ1) is 15.1. The van der Waals surface area contributed by atoms with Crippen LogP contribution >= 0.6 is 0 Å². The molecular weight excluding hydrogens is 296 g/mol. The second-order valence-electron chi connectivity index (χ2n) is 5.15. The lowest BCUT2D eigenvalue weighted by Gasteiger charge is -2.11. The van der Waals surface area contributed by atoms with Crippen molar-refractivity contribution in [3.63, 3.8) is 0 Å². The molecule has 2 heterocycles. The van der Waals surface area contributed by atoms with Crippen molar-refractivity contribution in [1.82, 2.24) is 25.4 Å². The van der Waals surface area contributed by atoms with Gasteiger partial charge in [0, 0.05) is 20.6 Å². The molecule has 0 unspecified atom stereocenters. The van der Waals surface area contributed by atoms with Crippen LogP contribution < -0.4 is 20.1 Å². The summed E-state index contributed by atoms with van der Waals surface area (Å²) in [6, 6.07) is 6.00. The van der Waals surface area contributed by atoms with Crippen LogP contribution in [0.1, 0.15) is 11.4 Å². The van der Waals surface area contributed by atoms with E-state index in [9.17, 15) is 0 Å². The van der Waals surface area contributed by atoms with E-state index in [-0.39, 0.29) is 0 Å². The van der Waals surface area contributed by atoms with Crippen LogP contribution in [0.4, 0.5) is 0 Å². The predicted octanol–water partition coefficient (Wildman–Crippen LogP) is 0.452. The molecule has 1 aliphatic rings. The van der Waals surface area contributed by atoms with E-state index in [0.717, 1.165) is 36.2 Å². The molecule has 0 aliphatic carbocycles. The quantitative estimate of drug-likeness (QED) is 0.615. The molecular formula is C15H20N6O2. The fraction of sp³-hybridized carbons (Fsp3) is 0.400. The Morgan fingerprint density at radius 1 is 1.30 bits per heavy atom. The molecule has 0 saturated heterocycles. The van der Waals surface area contributed by atoms with Crippen LogP contribution in [0.25, 0.3) is 0 Å². The molecule has 8 nitrogen and oxygen atoms in total. The molecule has 23 heavy (non-hydrogen) atoms. The van der Waals surface area contributed by atoms with E-state index in [1.807, 2.05) is 29.8 Å². The Bertz CT molecular complexity index is 697. The summed E-state index contributed by atoms with van der Waals surface area (Å²) in [5, 5.41) is 14.4. The zero-order valence-electron chi connectivity index (χ0n) is 13.2. The summed E-state index contributed by atoms with van der Waals surface area (Å²) in [6.45, 7) is 1.63. The lowest BCUT2D eigenvalue weighted by molar-refractivity contribution is 0.174. The van der Waals surface area contributed by atoms with Gasteiger partial charge >= 0.3 is 0 Å². The number of guanidine groups is 1. The van der Waals surface area contributed by atoms with Gasteiger partial charge in [0.1, 0.15) is 6.33 Å². The first-order chi connectivity index (χ1) is 11.3. The first-order valence-electron chi connectivity index (χ1n) is 7.42. The average Bonchev–Trinajstić information content (AvgIpc) is 3.19. The van der Waals surface area contributed by atoms with Gasteiger partial charge in [0.25, 0.3) is 0 Å². The molecule has 122 valence electrons. The highest BCUT2D eigenvalue weighted by Crippen LogP contribution is 2.32. The van der Waals surface area contributed by atoms with Gasteiger partial charge in [-0.2, -0.15) is 0 Å². The van der Waals surface area contributed by atoms with Crippen LogP contribution in [0.3, 0.4) is 0 Å². The largest absolute Gasteiger partial charge is 0.454 e. The van der Waals surface area contributed by atoms with Crippen molar-refractivity contribution in [3.05, 3.63) is 35.9 Å². The summed E-state index contributed by atoms with van der Waals surface area (Å²) in [7, 11) is 3.65. The average molecular weight is 316 g/mol. The van der Waals surface area contributed by atoms with E-state index >= 15 is 0 Å². The van der Waals surface area contributed by atoms with Crippen molar-refractivity contribution in [2.75, 3.05) is 20.4 Å². The third-order valence-electron chi connectivity index (χ3n) is 3.59. The number of hydrogen-bond acceptors (Lipinski definition) is 5. The van der Waals surface area contributed by atoms with Crippen molar-refractivity contribution in [3.8, 4) is 11.5 Å². The molecule has 1 aromatic heterocycles. The second kappa shape index (κ2) is 6.99. The Morgan fingerprint density at radius 2 is 2.17 bits per heavy atom. The highest BCUT2D eigenvalue weighted by Gasteiger charge is 2.13. The number of fused-ring (bicyclic) bond motifs is 1. The van der Waals surface area contributed by atoms with Gasteiger partial charge in [-0.15, -0.1) is 10.2 Å². The minimum absolute atomic E-state index is 0.301. The molecule has 0 atom stereocenters. The van der Waals surface area contributed by atoms with E-state index in [1.54, 1.807) is 13.4 Å². The van der Waals surface area contributed by atoms with Crippen LogP contribution in [-0.2, 0) is 20.0 Å². The highest BCUT2D eigenvalue weighted by atomic mass is 16.7. The first-order valence-corrected chi connectivity index (χ1v) is 7.42. The minimum Gasteiger partial charge on any atom is -0.454 e. The number of aromatic nitrogens is 3. The molecule has 0 spiro atoms. The molecule has 0 bridgehead atoms. The fourth-order valence-electron chi connectivity index (χ4n) is 2.27. The topological polar surface area (TPSA) is 85.6 Å². The number of rotatable bonds is 5. The minimum atomic E-state index is 0.301. The molecule has 0 fully saturated rings. The number of nitrogens with zero attached hydrogens (tertiary/aromatic N) is 4. The fourth-order valence-corrected chi connectivity index (χ4v) is 2.27. The summed E-state index contributed by atoms with van der Waals surface area (Å²) in [5.74, 6) is 3.20. The zero-order valence-corrected chi connectivity index (χ0v) is 13.2.